The van der Waals surface area contributed by atoms with Crippen molar-refractivity contribution < 1.29 is 23.2 Å². The van der Waals surface area contributed by atoms with Gasteiger partial charge in [-0.2, -0.15) is 0 Å². The summed E-state index contributed by atoms with van der Waals surface area (Å²) in [5.41, 5.74) is -0.422. The van der Waals surface area contributed by atoms with Gasteiger partial charge >= 0.3 is 0 Å². The lowest BCUT2D eigenvalue weighted by molar-refractivity contribution is -0.856. The minimum Gasteiger partial charge on any atom is -0.545 e. The first-order valence-corrected chi connectivity index (χ1v) is 7.88. The second-order valence-electron chi connectivity index (χ2n) is 4.40. The van der Waals surface area contributed by atoms with Crippen LogP contribution in [0.3, 0.4) is 0 Å². The number of quaternary nitrogens is 1. The molecular weight excluding hydrogens is 327 g/mol. The standard InChI is InChI=1S/C11H14Cl2N2O4S/c1-15(2)4-3-14-20(18,19)10-5-7(11(16)17)8(12)6-9(10)13/h5-6,14H,3-4H2,1-2H3,(H,16,17). The molecule has 1 rings (SSSR count). The van der Waals surface area contributed by atoms with Crippen LogP contribution in [0.5, 0.6) is 0 Å². The molecule has 0 aliphatic rings. The summed E-state index contributed by atoms with van der Waals surface area (Å²) in [6.07, 6.45) is 0. The molecule has 0 fully saturated rings. The molecule has 9 heteroatoms. The third-order valence-electron chi connectivity index (χ3n) is 2.45. The summed E-state index contributed by atoms with van der Waals surface area (Å²) in [6.45, 7) is 0.766. The Morgan fingerprint density at radius 1 is 1.30 bits per heavy atom. The molecule has 0 atom stereocenters. The number of hydrogen-bond acceptors (Lipinski definition) is 4. The molecule has 0 bridgehead atoms. The van der Waals surface area contributed by atoms with E-state index in [2.05, 4.69) is 4.72 Å². The van der Waals surface area contributed by atoms with Crippen LogP contribution < -0.4 is 14.7 Å². The van der Waals surface area contributed by atoms with E-state index < -0.39 is 21.6 Å². The van der Waals surface area contributed by atoms with E-state index in [1.807, 2.05) is 14.1 Å². The van der Waals surface area contributed by atoms with Crippen molar-refractivity contribution in [3.63, 3.8) is 0 Å². The van der Waals surface area contributed by atoms with Crippen molar-refractivity contribution in [1.82, 2.24) is 4.72 Å². The van der Waals surface area contributed by atoms with Crippen LogP contribution >= 0.6 is 23.2 Å². The van der Waals surface area contributed by atoms with Crippen molar-refractivity contribution in [2.45, 2.75) is 4.90 Å². The number of benzene rings is 1. The SMILES string of the molecule is C[NH+](C)CCNS(=O)(=O)c1cc(C(=O)[O-])c(Cl)cc1Cl. The molecule has 0 heterocycles. The van der Waals surface area contributed by atoms with Gasteiger partial charge in [-0.3, -0.25) is 0 Å². The van der Waals surface area contributed by atoms with Crippen molar-refractivity contribution in [2.24, 2.45) is 0 Å². The zero-order valence-corrected chi connectivity index (χ0v) is 13.2. The van der Waals surface area contributed by atoms with Crippen LogP contribution in [0.4, 0.5) is 0 Å². The van der Waals surface area contributed by atoms with Gasteiger partial charge in [0.15, 0.2) is 0 Å². The number of nitrogens with one attached hydrogen (secondary N) is 2. The predicted octanol–water partition coefficient (Wildman–Crippen LogP) is -1.22. The summed E-state index contributed by atoms with van der Waals surface area (Å²) in [4.78, 5) is 11.6. The van der Waals surface area contributed by atoms with Crippen LogP contribution in [0.2, 0.25) is 10.0 Å². The molecular formula is C11H14Cl2N2O4S. The van der Waals surface area contributed by atoms with Gasteiger partial charge in [0.2, 0.25) is 10.0 Å². The number of hydrogen-bond donors (Lipinski definition) is 2. The molecule has 0 saturated heterocycles. The number of carbonyl (C=O) groups excluding carboxylic acids is 1. The van der Waals surface area contributed by atoms with Crippen LogP contribution in [-0.2, 0) is 10.0 Å². The molecule has 20 heavy (non-hydrogen) atoms. The Kier molecular flexibility index (Phi) is 5.79. The number of likely N-dealkylation sites (N-methyl/N-ethyl adjacent to an activating group) is 1. The first-order chi connectivity index (χ1) is 9.15. The number of carboxylic acids is 1. The van der Waals surface area contributed by atoms with Crippen LogP contribution in [-0.4, -0.2) is 41.6 Å². The average molecular weight is 341 g/mol. The molecule has 0 aliphatic carbocycles. The van der Waals surface area contributed by atoms with Crippen molar-refractivity contribution in [1.29, 1.82) is 0 Å². The van der Waals surface area contributed by atoms with E-state index in [0.717, 1.165) is 17.0 Å². The molecule has 1 aromatic rings. The minimum atomic E-state index is -3.90. The Balaban J connectivity index is 3.11. The number of rotatable bonds is 6. The predicted molar refractivity (Wildman–Crippen MR) is 73.7 cm³/mol. The number of aromatic carboxylic acids is 1. The fraction of sp³-hybridized carbons (Fsp3) is 0.364. The third-order valence-corrected chi connectivity index (χ3v) is 4.69. The maximum atomic E-state index is 12.1. The van der Waals surface area contributed by atoms with Crippen molar-refractivity contribution in [2.75, 3.05) is 27.2 Å². The lowest BCUT2D eigenvalue weighted by Gasteiger charge is -2.13. The second-order valence-corrected chi connectivity index (χ2v) is 6.95. The molecule has 0 unspecified atom stereocenters. The van der Waals surface area contributed by atoms with Gasteiger partial charge in [-0.1, -0.05) is 23.2 Å². The summed E-state index contributed by atoms with van der Waals surface area (Å²) in [5.74, 6) is -1.57. The van der Waals surface area contributed by atoms with E-state index in [1.54, 1.807) is 0 Å². The van der Waals surface area contributed by atoms with Crippen LogP contribution in [0.15, 0.2) is 17.0 Å². The first-order valence-electron chi connectivity index (χ1n) is 5.64. The normalized spacial score (nSPS) is 11.8. The second kappa shape index (κ2) is 6.73. The maximum Gasteiger partial charge on any atom is 0.242 e. The van der Waals surface area contributed by atoms with Crippen LogP contribution in [0.25, 0.3) is 0 Å². The van der Waals surface area contributed by atoms with Crippen molar-refractivity contribution >= 4 is 39.2 Å². The van der Waals surface area contributed by atoms with Crippen LogP contribution in [0, 0.1) is 0 Å². The highest BCUT2D eigenvalue weighted by Crippen LogP contribution is 2.28. The molecule has 0 aliphatic heterocycles. The quantitative estimate of drug-likeness (QED) is 0.679. The summed E-state index contributed by atoms with van der Waals surface area (Å²) in [6, 6.07) is 1.96. The lowest BCUT2D eigenvalue weighted by Crippen LogP contribution is -3.06. The Labute approximate surface area is 127 Å². The van der Waals surface area contributed by atoms with Crippen molar-refractivity contribution in [3.05, 3.63) is 27.7 Å². The lowest BCUT2D eigenvalue weighted by atomic mass is 10.2. The molecule has 6 nitrogen and oxygen atoms in total. The summed E-state index contributed by atoms with van der Waals surface area (Å²) < 4.78 is 26.5. The Morgan fingerprint density at radius 3 is 2.40 bits per heavy atom. The number of halogens is 2. The van der Waals surface area contributed by atoms with Crippen molar-refractivity contribution in [3.8, 4) is 0 Å². The molecule has 2 N–H and O–H groups in total. The smallest absolute Gasteiger partial charge is 0.242 e. The van der Waals surface area contributed by atoms with E-state index in [0.29, 0.717) is 6.54 Å². The summed E-state index contributed by atoms with van der Waals surface area (Å²) >= 11 is 11.5. The highest BCUT2D eigenvalue weighted by atomic mass is 35.5. The fourth-order valence-electron chi connectivity index (χ4n) is 1.40. The Hall–Kier alpha value is -0.860. The molecule has 0 spiro atoms. The molecule has 0 radical (unpaired) electrons. The highest BCUT2D eigenvalue weighted by Gasteiger charge is 2.20. The van der Waals surface area contributed by atoms with E-state index in [-0.39, 0.29) is 21.5 Å². The van der Waals surface area contributed by atoms with E-state index >= 15 is 0 Å². The Bertz CT molecular complexity index is 617. The number of sulfonamides is 1. The number of carboxylic acid groups (broad SMARTS) is 1. The molecule has 0 saturated carbocycles. The van der Waals surface area contributed by atoms with Crippen LogP contribution in [0.1, 0.15) is 10.4 Å². The molecule has 1 aromatic carbocycles. The zero-order valence-electron chi connectivity index (χ0n) is 10.9. The fourth-order valence-corrected chi connectivity index (χ4v) is 3.28. The molecule has 112 valence electrons. The van der Waals surface area contributed by atoms with E-state index in [4.69, 9.17) is 23.2 Å². The zero-order chi connectivity index (χ0) is 15.5. The largest absolute Gasteiger partial charge is 0.545 e. The molecule has 0 aromatic heterocycles. The number of carbonyl (C=O) groups is 1. The maximum absolute atomic E-state index is 12.1. The topological polar surface area (TPSA) is 90.7 Å². The monoisotopic (exact) mass is 340 g/mol. The average Bonchev–Trinajstić information content (AvgIpc) is 2.26. The van der Waals surface area contributed by atoms with Gasteiger partial charge in [-0.05, 0) is 12.1 Å². The molecule has 0 amide bonds. The third kappa shape index (κ3) is 4.32. The summed E-state index contributed by atoms with van der Waals surface area (Å²) in [5, 5.41) is 10.5. The van der Waals surface area contributed by atoms with E-state index in [1.165, 1.54) is 0 Å². The van der Waals surface area contributed by atoms with Gasteiger partial charge in [0.05, 0.1) is 43.2 Å². The first kappa shape index (κ1) is 17.2. The van der Waals surface area contributed by atoms with Gasteiger partial charge in [0.1, 0.15) is 4.90 Å². The minimum absolute atomic E-state index is 0.148. The van der Waals surface area contributed by atoms with Gasteiger partial charge in [0.25, 0.3) is 0 Å². The van der Waals surface area contributed by atoms with E-state index in [9.17, 15) is 18.3 Å². The van der Waals surface area contributed by atoms with Gasteiger partial charge in [-0.15, -0.1) is 0 Å². The van der Waals surface area contributed by atoms with Gasteiger partial charge in [-0.25, -0.2) is 13.1 Å². The summed E-state index contributed by atoms with van der Waals surface area (Å²) in [7, 11) is -0.159. The van der Waals surface area contributed by atoms with Gasteiger partial charge in [0, 0.05) is 5.56 Å². The van der Waals surface area contributed by atoms with Gasteiger partial charge < -0.3 is 14.8 Å². The highest BCUT2D eigenvalue weighted by molar-refractivity contribution is 7.89. The Morgan fingerprint density at radius 2 is 1.90 bits per heavy atom.